The average molecular weight is 653 g/mol. The molecule has 17 heteroatoms. The van der Waals surface area contributed by atoms with Gasteiger partial charge >= 0.3 is 24.2 Å². The zero-order valence-corrected chi connectivity index (χ0v) is 23.6. The molecule has 1 aromatic heterocycles. The number of carbonyl (C=O) groups is 3. The van der Waals surface area contributed by atoms with Gasteiger partial charge in [0.2, 0.25) is 5.78 Å². The fourth-order valence-electron chi connectivity index (χ4n) is 3.77. The van der Waals surface area contributed by atoms with Gasteiger partial charge in [-0.3, -0.25) is 9.59 Å². The first-order valence-electron chi connectivity index (χ1n) is 11.6. The highest BCUT2D eigenvalue weighted by atomic mass is 35.5. The van der Waals surface area contributed by atoms with E-state index in [1.54, 1.807) is 0 Å². The smallest absolute Gasteiger partial charge is 0.369 e. The van der Waals surface area contributed by atoms with Gasteiger partial charge in [0.15, 0.2) is 11.9 Å². The van der Waals surface area contributed by atoms with E-state index in [1.807, 2.05) is 0 Å². The van der Waals surface area contributed by atoms with Gasteiger partial charge in [-0.1, -0.05) is 23.7 Å². The minimum Gasteiger partial charge on any atom is -0.465 e. The van der Waals surface area contributed by atoms with Crippen LogP contribution < -0.4 is 0 Å². The van der Waals surface area contributed by atoms with E-state index < -0.39 is 92.8 Å². The molecule has 0 amide bonds. The molecular weight excluding hydrogens is 631 g/mol. The molecule has 0 aliphatic rings. The van der Waals surface area contributed by atoms with Crippen LogP contribution in [0.3, 0.4) is 0 Å². The second-order valence-corrected chi connectivity index (χ2v) is 10.1. The molecule has 2 atom stereocenters. The van der Waals surface area contributed by atoms with E-state index in [9.17, 15) is 45.1 Å². The summed E-state index contributed by atoms with van der Waals surface area (Å²) in [5.74, 6) is -16.7. The number of methoxy groups -OCH3 is 1. The molecule has 0 saturated heterocycles. The lowest BCUT2D eigenvalue weighted by Crippen LogP contribution is -2.37. The number of hydrogen-bond acceptors (Lipinski definition) is 7. The average Bonchev–Trinajstić information content (AvgIpc) is 3.29. The summed E-state index contributed by atoms with van der Waals surface area (Å²) in [6.07, 6.45) is -7.79. The van der Waals surface area contributed by atoms with Crippen LogP contribution in [0.15, 0.2) is 22.9 Å². The highest BCUT2D eigenvalue weighted by Crippen LogP contribution is 2.40. The lowest BCUT2D eigenvalue weighted by atomic mass is 9.92. The molecule has 2 rings (SSSR count). The van der Waals surface area contributed by atoms with Gasteiger partial charge in [-0.25, -0.2) is 22.4 Å². The highest BCUT2D eigenvalue weighted by molar-refractivity contribution is 6.65. The first-order valence-corrected chi connectivity index (χ1v) is 12.4. The van der Waals surface area contributed by atoms with E-state index in [1.165, 1.54) is 21.0 Å². The monoisotopic (exact) mass is 652 g/mol. The Balaban J connectivity index is 2.60. The van der Waals surface area contributed by atoms with Gasteiger partial charge in [-0.2, -0.15) is 17.6 Å². The van der Waals surface area contributed by atoms with Crippen molar-refractivity contribution in [2.75, 3.05) is 21.2 Å². The van der Waals surface area contributed by atoms with Crippen LogP contribution in [0.4, 0.5) is 35.1 Å². The maximum absolute atomic E-state index is 15.3. The number of ketones is 1. The first-order chi connectivity index (χ1) is 19.3. The lowest BCUT2D eigenvalue weighted by Gasteiger charge is -2.20. The second-order valence-electron chi connectivity index (χ2n) is 9.33. The zero-order chi connectivity index (χ0) is 32.3. The number of halogens is 10. The molecule has 0 aliphatic heterocycles. The molecule has 0 radical (unpaired) electrons. The van der Waals surface area contributed by atoms with E-state index in [0.29, 0.717) is 6.20 Å². The molecular formula is C25H22Cl2F8N2O5. The van der Waals surface area contributed by atoms with Gasteiger partial charge in [0.05, 0.1) is 23.3 Å². The lowest BCUT2D eigenvalue weighted by molar-refractivity contribution is -0.160. The third-order valence-corrected chi connectivity index (χ3v) is 6.27. The Labute approximate surface area is 243 Å². The Morgan fingerprint density at radius 2 is 1.71 bits per heavy atom. The molecule has 0 spiro atoms. The van der Waals surface area contributed by atoms with Crippen molar-refractivity contribution in [1.82, 2.24) is 10.1 Å². The van der Waals surface area contributed by atoms with Crippen LogP contribution >= 0.6 is 23.2 Å². The molecule has 42 heavy (non-hydrogen) atoms. The summed E-state index contributed by atoms with van der Waals surface area (Å²) in [5, 5.41) is 0.800. The minimum atomic E-state index is -5.22. The van der Waals surface area contributed by atoms with Gasteiger partial charge < -0.3 is 14.2 Å². The van der Waals surface area contributed by atoms with Crippen molar-refractivity contribution in [2.45, 2.75) is 44.2 Å². The van der Waals surface area contributed by atoms with E-state index in [2.05, 4.69) is 9.89 Å². The molecule has 0 fully saturated rings. The molecule has 1 heterocycles. The number of carbonyl (C=O) groups excluding carboxylic acids is 3. The van der Waals surface area contributed by atoms with Crippen molar-refractivity contribution in [3.05, 3.63) is 46.1 Å². The summed E-state index contributed by atoms with van der Waals surface area (Å²) < 4.78 is 120. The number of ether oxygens (including phenoxy) is 1. The largest absolute Gasteiger partial charge is 0.465 e. The zero-order valence-electron chi connectivity index (χ0n) is 22.1. The molecule has 7 nitrogen and oxygen atoms in total. The van der Waals surface area contributed by atoms with E-state index in [0.717, 1.165) is 24.1 Å². The Bertz CT molecular complexity index is 1360. The van der Waals surface area contributed by atoms with Crippen molar-refractivity contribution >= 4 is 45.8 Å². The van der Waals surface area contributed by atoms with Crippen LogP contribution in [0, 0.1) is 11.7 Å². The molecule has 1 aromatic carbocycles. The summed E-state index contributed by atoms with van der Waals surface area (Å²) >= 11 is 10.9. The Hall–Kier alpha value is -3.20. The molecule has 2 unspecified atom stereocenters. The molecule has 0 saturated carbocycles. The van der Waals surface area contributed by atoms with Crippen molar-refractivity contribution < 1.29 is 58.8 Å². The molecule has 232 valence electrons. The number of nitrogens with zero attached hydrogens (tertiary/aromatic N) is 2. The predicted molar refractivity (Wildman–Crippen MR) is 134 cm³/mol. The van der Waals surface area contributed by atoms with Crippen LogP contribution in [0.1, 0.15) is 35.0 Å². The Kier molecular flexibility index (Phi) is 11.2. The summed E-state index contributed by atoms with van der Waals surface area (Å²) in [6, 6.07) is 1.91. The topological polar surface area (TPSA) is 89.7 Å². The summed E-state index contributed by atoms with van der Waals surface area (Å²) in [7, 11) is 3.30. The first kappa shape index (κ1) is 35.0. The SMILES string of the molecule is COC(=O)c1c(-c2c(F)cc(CC(C)CC(F)C(F)(F)C(=O)Cl)cc2Cl)noc1/C(=C/N(C)C)C(=O)C(F)(F)C(F)F. The highest BCUT2D eigenvalue weighted by Gasteiger charge is 2.52. The van der Waals surface area contributed by atoms with Gasteiger partial charge in [0.25, 0.3) is 5.24 Å². The van der Waals surface area contributed by atoms with Crippen molar-refractivity contribution in [1.29, 1.82) is 0 Å². The normalized spacial score (nSPS) is 14.1. The minimum absolute atomic E-state index is 0.0461. The molecule has 0 bridgehead atoms. The van der Waals surface area contributed by atoms with Crippen LogP contribution in [0.25, 0.3) is 16.8 Å². The number of benzene rings is 1. The number of allylic oxidation sites excluding steroid dienone is 1. The van der Waals surface area contributed by atoms with Gasteiger partial charge in [-0.05, 0) is 48.1 Å². The van der Waals surface area contributed by atoms with Crippen molar-refractivity contribution in [2.24, 2.45) is 5.92 Å². The van der Waals surface area contributed by atoms with Crippen LogP contribution in [-0.2, 0) is 20.7 Å². The van der Waals surface area contributed by atoms with Crippen molar-refractivity contribution in [3.8, 4) is 11.3 Å². The maximum Gasteiger partial charge on any atom is 0.369 e. The summed E-state index contributed by atoms with van der Waals surface area (Å²) in [6.45, 7) is 1.32. The number of rotatable bonds is 13. The Morgan fingerprint density at radius 1 is 1.12 bits per heavy atom. The number of esters is 1. The van der Waals surface area contributed by atoms with Crippen LogP contribution in [0.2, 0.25) is 5.02 Å². The maximum atomic E-state index is 15.3. The van der Waals surface area contributed by atoms with Gasteiger partial charge in [0.1, 0.15) is 17.1 Å². The number of aromatic nitrogens is 1. The number of alkyl halides is 7. The number of hydrogen-bond donors (Lipinski definition) is 0. The van der Waals surface area contributed by atoms with E-state index in [4.69, 9.17) is 27.7 Å². The van der Waals surface area contributed by atoms with Crippen LogP contribution in [0.5, 0.6) is 0 Å². The van der Waals surface area contributed by atoms with E-state index >= 15 is 4.39 Å². The summed E-state index contributed by atoms with van der Waals surface area (Å²) in [5.41, 5.74) is -3.49. The summed E-state index contributed by atoms with van der Waals surface area (Å²) in [4.78, 5) is 36.9. The number of Topliss-reactive ketones (excluding diaryl/α,β-unsaturated/α-hetero) is 1. The molecule has 0 aliphatic carbocycles. The quantitative estimate of drug-likeness (QED) is 0.104. The van der Waals surface area contributed by atoms with Gasteiger partial charge in [-0.15, -0.1) is 0 Å². The van der Waals surface area contributed by atoms with Crippen molar-refractivity contribution in [3.63, 3.8) is 0 Å². The fourth-order valence-corrected chi connectivity index (χ4v) is 4.21. The fraction of sp³-hybridized carbons (Fsp3) is 0.440. The van der Waals surface area contributed by atoms with E-state index in [-0.39, 0.29) is 12.0 Å². The van der Waals surface area contributed by atoms with Gasteiger partial charge in [0, 0.05) is 20.3 Å². The predicted octanol–water partition coefficient (Wildman–Crippen LogP) is 6.60. The van der Waals surface area contributed by atoms with Crippen LogP contribution in [-0.4, -0.2) is 72.7 Å². The third kappa shape index (κ3) is 7.41. The standard InChI is InChI=1S/C25H22Cl2F8N2O5/c1-10(6-15(29)24(32,33)22(27)40)5-11-7-13(26)16(14(28)8-11)18-17(21(39)41-4)19(42-36-18)12(9-37(2)3)20(38)25(34,35)23(30)31/h7-10,15,23H,5-6H2,1-4H3/b12-9-. The Morgan fingerprint density at radius 3 is 2.19 bits per heavy atom. The second kappa shape index (κ2) is 13.4. The third-order valence-electron chi connectivity index (χ3n) is 5.72. The molecule has 0 N–H and O–H groups in total. The molecule has 2 aromatic rings.